The fraction of sp³-hybridized carbons (Fsp3) is 0.125. The van der Waals surface area contributed by atoms with Crippen LogP contribution in [-0.4, -0.2) is 5.91 Å². The maximum Gasteiger partial charge on any atom is 0.278 e. The molecule has 2 heteroatoms. The number of fused-ring (bicyclic) bond motifs is 1. The van der Waals surface area contributed by atoms with Crippen molar-refractivity contribution in [3.05, 3.63) is 69.7 Å². The number of aryl methyl sites for hydroxylation is 2. The summed E-state index contributed by atoms with van der Waals surface area (Å²) in [6.07, 6.45) is 0. The van der Waals surface area contributed by atoms with E-state index in [9.17, 15) is 4.79 Å². The number of benzene rings is 2. The molecule has 0 aliphatic carbocycles. The van der Waals surface area contributed by atoms with E-state index in [4.69, 9.17) is 0 Å². The molecule has 0 saturated carbocycles. The smallest absolute Gasteiger partial charge is 0.267 e. The first kappa shape index (κ1) is 10.9. The van der Waals surface area contributed by atoms with Crippen LogP contribution in [0.1, 0.15) is 16.7 Å². The minimum absolute atomic E-state index is 0.138. The molecule has 0 aromatic heterocycles. The maximum absolute atomic E-state index is 12.1. The zero-order valence-corrected chi connectivity index (χ0v) is 10.4. The van der Waals surface area contributed by atoms with E-state index in [0.29, 0.717) is 0 Å². The SMILES string of the molecule is Cc1cc(C)cc(C2=c3ccccc3=NC2=O)c1. The van der Waals surface area contributed by atoms with Gasteiger partial charge in [-0.15, -0.1) is 0 Å². The molecule has 0 spiro atoms. The van der Waals surface area contributed by atoms with Crippen molar-refractivity contribution in [2.24, 2.45) is 4.99 Å². The molecule has 1 aliphatic heterocycles. The van der Waals surface area contributed by atoms with Crippen molar-refractivity contribution in [2.75, 3.05) is 0 Å². The number of para-hydroxylation sites is 1. The third kappa shape index (κ3) is 1.66. The van der Waals surface area contributed by atoms with Crippen LogP contribution in [0.25, 0.3) is 5.57 Å². The minimum Gasteiger partial charge on any atom is -0.267 e. The van der Waals surface area contributed by atoms with Crippen LogP contribution in [0.5, 0.6) is 0 Å². The van der Waals surface area contributed by atoms with Gasteiger partial charge in [0.25, 0.3) is 5.91 Å². The Morgan fingerprint density at radius 2 is 1.61 bits per heavy atom. The number of amides is 1. The normalized spacial score (nSPS) is 13.4. The van der Waals surface area contributed by atoms with E-state index in [1.54, 1.807) is 0 Å². The van der Waals surface area contributed by atoms with Gasteiger partial charge in [0.05, 0.1) is 10.9 Å². The quantitative estimate of drug-likeness (QED) is 0.739. The van der Waals surface area contributed by atoms with Crippen molar-refractivity contribution in [1.29, 1.82) is 0 Å². The van der Waals surface area contributed by atoms with Gasteiger partial charge in [0.2, 0.25) is 0 Å². The number of carbonyl (C=O) groups is 1. The molecule has 2 aromatic carbocycles. The van der Waals surface area contributed by atoms with Crippen molar-refractivity contribution in [3.63, 3.8) is 0 Å². The van der Waals surface area contributed by atoms with Crippen LogP contribution in [0.4, 0.5) is 0 Å². The Balaban J connectivity index is 2.37. The van der Waals surface area contributed by atoms with Gasteiger partial charge < -0.3 is 0 Å². The lowest BCUT2D eigenvalue weighted by atomic mass is 9.99. The van der Waals surface area contributed by atoms with E-state index in [1.807, 2.05) is 50.2 Å². The molecule has 3 rings (SSSR count). The Bertz CT molecular complexity index is 752. The minimum atomic E-state index is -0.138. The molecule has 0 fully saturated rings. The summed E-state index contributed by atoms with van der Waals surface area (Å²) in [6, 6.07) is 13.9. The summed E-state index contributed by atoms with van der Waals surface area (Å²) in [4.78, 5) is 16.1. The van der Waals surface area contributed by atoms with E-state index < -0.39 is 0 Å². The van der Waals surface area contributed by atoms with E-state index in [0.717, 1.165) is 32.8 Å². The van der Waals surface area contributed by atoms with Crippen LogP contribution in [0.15, 0.2) is 47.5 Å². The Morgan fingerprint density at radius 3 is 2.33 bits per heavy atom. The van der Waals surface area contributed by atoms with Gasteiger partial charge in [-0.3, -0.25) is 4.79 Å². The maximum atomic E-state index is 12.1. The topological polar surface area (TPSA) is 29.4 Å². The van der Waals surface area contributed by atoms with Gasteiger partial charge in [-0.1, -0.05) is 47.5 Å². The van der Waals surface area contributed by atoms with Gasteiger partial charge in [-0.25, -0.2) is 4.99 Å². The zero-order valence-electron chi connectivity index (χ0n) is 10.4. The van der Waals surface area contributed by atoms with Crippen molar-refractivity contribution < 1.29 is 4.79 Å². The number of carbonyl (C=O) groups excluding carboxylic acids is 1. The highest BCUT2D eigenvalue weighted by molar-refractivity contribution is 6.20. The van der Waals surface area contributed by atoms with Gasteiger partial charge in [0.15, 0.2) is 0 Å². The van der Waals surface area contributed by atoms with Gasteiger partial charge in [-0.2, -0.15) is 0 Å². The molecule has 0 atom stereocenters. The Hall–Kier alpha value is -2.22. The van der Waals surface area contributed by atoms with E-state index in [1.165, 1.54) is 0 Å². The van der Waals surface area contributed by atoms with Crippen LogP contribution in [-0.2, 0) is 4.79 Å². The van der Waals surface area contributed by atoms with Crippen molar-refractivity contribution >= 4 is 11.5 Å². The first-order chi connectivity index (χ1) is 8.65. The monoisotopic (exact) mass is 235 g/mol. The molecule has 0 bridgehead atoms. The first-order valence-electron chi connectivity index (χ1n) is 5.96. The molecule has 1 aliphatic rings. The predicted molar refractivity (Wildman–Crippen MR) is 70.7 cm³/mol. The average Bonchev–Trinajstić information content (AvgIpc) is 2.63. The summed E-state index contributed by atoms with van der Waals surface area (Å²) < 4.78 is 0. The van der Waals surface area contributed by atoms with Crippen LogP contribution in [0.3, 0.4) is 0 Å². The van der Waals surface area contributed by atoms with Gasteiger partial charge in [-0.05, 0) is 25.5 Å². The van der Waals surface area contributed by atoms with Crippen LogP contribution in [0, 0.1) is 13.8 Å². The summed E-state index contributed by atoms with van der Waals surface area (Å²) in [6.45, 7) is 4.08. The Kier molecular flexibility index (Phi) is 2.37. The molecule has 2 aromatic rings. The number of hydrogen-bond donors (Lipinski definition) is 0. The third-order valence-corrected chi connectivity index (χ3v) is 3.12. The molecule has 0 radical (unpaired) electrons. The molecule has 0 unspecified atom stereocenters. The number of hydrogen-bond acceptors (Lipinski definition) is 1. The summed E-state index contributed by atoms with van der Waals surface area (Å²) >= 11 is 0. The van der Waals surface area contributed by atoms with E-state index in [-0.39, 0.29) is 5.91 Å². The molecule has 0 saturated heterocycles. The Morgan fingerprint density at radius 1 is 0.944 bits per heavy atom. The highest BCUT2D eigenvalue weighted by Gasteiger charge is 2.18. The lowest BCUT2D eigenvalue weighted by molar-refractivity contribution is -0.112. The van der Waals surface area contributed by atoms with Crippen molar-refractivity contribution in [2.45, 2.75) is 13.8 Å². The molecular formula is C16H13NO. The largest absolute Gasteiger partial charge is 0.278 e. The van der Waals surface area contributed by atoms with Crippen molar-refractivity contribution in [3.8, 4) is 0 Å². The van der Waals surface area contributed by atoms with E-state index in [2.05, 4.69) is 11.1 Å². The summed E-state index contributed by atoms with van der Waals surface area (Å²) in [5, 5.41) is 1.71. The standard InChI is InChI=1S/C16H13NO/c1-10-7-11(2)9-12(8-10)15-13-5-3-4-6-14(13)17-16(15)18/h3-9H,1-2H3. The van der Waals surface area contributed by atoms with Crippen LogP contribution >= 0.6 is 0 Å². The average molecular weight is 235 g/mol. The molecule has 1 amide bonds. The Labute approximate surface area is 105 Å². The molecule has 18 heavy (non-hydrogen) atoms. The fourth-order valence-electron chi connectivity index (χ4n) is 2.46. The highest BCUT2D eigenvalue weighted by atomic mass is 16.1. The lowest BCUT2D eigenvalue weighted by Gasteiger charge is -2.04. The number of nitrogens with zero attached hydrogens (tertiary/aromatic N) is 1. The van der Waals surface area contributed by atoms with Crippen molar-refractivity contribution in [1.82, 2.24) is 0 Å². The molecule has 0 N–H and O–H groups in total. The molecular weight excluding hydrogens is 222 g/mol. The lowest BCUT2D eigenvalue weighted by Crippen LogP contribution is -2.22. The molecule has 2 nitrogen and oxygen atoms in total. The highest BCUT2D eigenvalue weighted by Crippen LogP contribution is 2.18. The van der Waals surface area contributed by atoms with Gasteiger partial charge >= 0.3 is 0 Å². The van der Waals surface area contributed by atoms with Gasteiger partial charge in [0.1, 0.15) is 0 Å². The first-order valence-corrected chi connectivity index (χ1v) is 5.96. The molecule has 88 valence electrons. The fourth-order valence-corrected chi connectivity index (χ4v) is 2.46. The summed E-state index contributed by atoms with van der Waals surface area (Å²) in [5.41, 5.74) is 4.01. The predicted octanol–water partition coefficient (Wildman–Crippen LogP) is 1.66. The van der Waals surface area contributed by atoms with Crippen LogP contribution in [0.2, 0.25) is 0 Å². The zero-order chi connectivity index (χ0) is 12.7. The summed E-state index contributed by atoms with van der Waals surface area (Å²) in [5.74, 6) is -0.138. The third-order valence-electron chi connectivity index (χ3n) is 3.12. The summed E-state index contributed by atoms with van der Waals surface area (Å²) in [7, 11) is 0. The van der Waals surface area contributed by atoms with Gasteiger partial charge in [0, 0.05) is 5.22 Å². The second-order valence-electron chi connectivity index (χ2n) is 4.69. The number of rotatable bonds is 1. The van der Waals surface area contributed by atoms with E-state index >= 15 is 0 Å². The van der Waals surface area contributed by atoms with Crippen LogP contribution < -0.4 is 10.6 Å². The molecule has 1 heterocycles. The second kappa shape index (κ2) is 3.91. The second-order valence-corrected chi connectivity index (χ2v) is 4.69.